The van der Waals surface area contributed by atoms with Gasteiger partial charge in [0.2, 0.25) is 0 Å². The zero-order chi connectivity index (χ0) is 18.1. The summed E-state index contributed by atoms with van der Waals surface area (Å²) in [6.07, 6.45) is 3.36. The van der Waals surface area contributed by atoms with Crippen molar-refractivity contribution in [1.82, 2.24) is 0 Å². The summed E-state index contributed by atoms with van der Waals surface area (Å²) in [6.45, 7) is 6.69. The van der Waals surface area contributed by atoms with E-state index in [0.717, 1.165) is 41.7 Å². The maximum atomic E-state index is 11.8. The second-order valence-electron chi connectivity index (χ2n) is 6.17. The number of ether oxygens (including phenoxy) is 2. The number of benzene rings is 2. The van der Waals surface area contributed by atoms with Crippen molar-refractivity contribution in [2.24, 2.45) is 0 Å². The van der Waals surface area contributed by atoms with Crippen LogP contribution in [0.3, 0.4) is 0 Å². The molecule has 0 N–H and O–H groups in total. The largest absolute Gasteiger partial charge is 0.494 e. The van der Waals surface area contributed by atoms with Crippen molar-refractivity contribution in [3.63, 3.8) is 0 Å². The highest BCUT2D eigenvalue weighted by molar-refractivity contribution is 5.69. The summed E-state index contributed by atoms with van der Waals surface area (Å²) in [4.78, 5) is 11.8. The Morgan fingerprint density at radius 3 is 2.08 bits per heavy atom. The zero-order valence-corrected chi connectivity index (χ0v) is 15.5. The highest BCUT2D eigenvalue weighted by Crippen LogP contribution is 2.25. The minimum atomic E-state index is -0.219. The third kappa shape index (κ3) is 5.93. The van der Waals surface area contributed by atoms with Crippen LogP contribution in [0.2, 0.25) is 0 Å². The number of carbonyl (C=O) groups excluding carboxylic acids is 1. The molecule has 0 fully saturated rings. The molecule has 25 heavy (non-hydrogen) atoms. The fourth-order valence-electron chi connectivity index (χ4n) is 2.70. The number of hydrogen-bond acceptors (Lipinski definition) is 3. The predicted octanol–water partition coefficient (Wildman–Crippen LogP) is 5.94. The lowest BCUT2D eigenvalue weighted by molar-refractivity contribution is -0.148. The van der Waals surface area contributed by atoms with Gasteiger partial charge in [-0.1, -0.05) is 56.2 Å². The smallest absolute Gasteiger partial charge is 0.306 e. The van der Waals surface area contributed by atoms with Crippen molar-refractivity contribution in [2.45, 2.75) is 52.6 Å². The van der Waals surface area contributed by atoms with Crippen LogP contribution < -0.4 is 4.74 Å². The zero-order valence-electron chi connectivity index (χ0n) is 15.5. The fraction of sp³-hybridized carbons (Fsp3) is 0.409. The van der Waals surface area contributed by atoms with Crippen LogP contribution in [0.1, 0.15) is 58.1 Å². The number of esters is 1. The Morgan fingerprint density at radius 1 is 0.920 bits per heavy atom. The van der Waals surface area contributed by atoms with E-state index in [1.54, 1.807) is 0 Å². The molecule has 3 heteroatoms. The van der Waals surface area contributed by atoms with E-state index in [0.29, 0.717) is 13.0 Å². The van der Waals surface area contributed by atoms with Gasteiger partial charge in [0, 0.05) is 6.42 Å². The van der Waals surface area contributed by atoms with Gasteiger partial charge in [0.1, 0.15) is 11.9 Å². The van der Waals surface area contributed by atoms with Gasteiger partial charge < -0.3 is 9.47 Å². The first kappa shape index (κ1) is 19.0. The van der Waals surface area contributed by atoms with Gasteiger partial charge in [0.05, 0.1) is 6.61 Å². The van der Waals surface area contributed by atoms with E-state index in [4.69, 9.17) is 9.47 Å². The highest BCUT2D eigenvalue weighted by Gasteiger charge is 2.11. The second kappa shape index (κ2) is 9.87. The molecule has 2 aromatic carbocycles. The highest BCUT2D eigenvalue weighted by atomic mass is 16.5. The molecule has 2 aromatic rings. The number of unbranched alkanes of at least 4 members (excludes halogenated alkanes) is 2. The van der Waals surface area contributed by atoms with Crippen LogP contribution in [-0.2, 0) is 9.53 Å². The Labute approximate surface area is 151 Å². The molecule has 0 saturated heterocycles. The number of carbonyl (C=O) groups is 1. The molecule has 0 saturated carbocycles. The van der Waals surface area contributed by atoms with Gasteiger partial charge in [-0.3, -0.25) is 4.79 Å². The van der Waals surface area contributed by atoms with E-state index in [-0.39, 0.29) is 12.1 Å². The lowest BCUT2D eigenvalue weighted by Gasteiger charge is -2.14. The van der Waals surface area contributed by atoms with Crippen molar-refractivity contribution in [1.29, 1.82) is 0 Å². The summed E-state index contributed by atoms with van der Waals surface area (Å²) in [7, 11) is 0. The summed E-state index contributed by atoms with van der Waals surface area (Å²) in [5, 5.41) is 0. The maximum absolute atomic E-state index is 11.8. The average Bonchev–Trinajstić information content (AvgIpc) is 2.63. The summed E-state index contributed by atoms with van der Waals surface area (Å²) < 4.78 is 11.0. The molecule has 1 atom stereocenters. The Kier molecular flexibility index (Phi) is 7.52. The van der Waals surface area contributed by atoms with Crippen LogP contribution in [0.25, 0.3) is 11.1 Å². The molecule has 3 nitrogen and oxygen atoms in total. The van der Waals surface area contributed by atoms with Gasteiger partial charge in [0.25, 0.3) is 0 Å². The normalized spacial score (nSPS) is 11.8. The minimum absolute atomic E-state index is 0.114. The van der Waals surface area contributed by atoms with E-state index in [2.05, 4.69) is 31.2 Å². The summed E-state index contributed by atoms with van der Waals surface area (Å²) in [6, 6.07) is 16.2. The van der Waals surface area contributed by atoms with Crippen molar-refractivity contribution in [3.8, 4) is 16.9 Å². The number of hydrogen-bond donors (Lipinski definition) is 0. The summed E-state index contributed by atoms with van der Waals surface area (Å²) in [5.74, 6) is 0.767. The molecule has 0 amide bonds. The monoisotopic (exact) mass is 340 g/mol. The molecule has 0 radical (unpaired) electrons. The van der Waals surface area contributed by atoms with Crippen molar-refractivity contribution in [3.05, 3.63) is 54.1 Å². The quantitative estimate of drug-likeness (QED) is 0.419. The lowest BCUT2D eigenvalue weighted by Crippen LogP contribution is -2.08. The SMILES string of the molecule is CCCCCC(=O)OC(C)c1ccc(-c2ccc(OCC)cc2)cc1. The van der Waals surface area contributed by atoms with E-state index in [1.165, 1.54) is 0 Å². The first-order chi connectivity index (χ1) is 12.1. The molecule has 0 aromatic heterocycles. The van der Waals surface area contributed by atoms with Gasteiger partial charge >= 0.3 is 5.97 Å². The average molecular weight is 340 g/mol. The molecule has 2 rings (SSSR count). The Balaban J connectivity index is 1.95. The van der Waals surface area contributed by atoms with E-state index in [9.17, 15) is 4.79 Å². The summed E-state index contributed by atoms with van der Waals surface area (Å²) in [5.41, 5.74) is 3.28. The van der Waals surface area contributed by atoms with E-state index >= 15 is 0 Å². The predicted molar refractivity (Wildman–Crippen MR) is 102 cm³/mol. The van der Waals surface area contributed by atoms with Crippen LogP contribution >= 0.6 is 0 Å². The topological polar surface area (TPSA) is 35.5 Å². The van der Waals surface area contributed by atoms with Gasteiger partial charge in [-0.05, 0) is 49.1 Å². The Bertz CT molecular complexity index is 644. The second-order valence-corrected chi connectivity index (χ2v) is 6.17. The van der Waals surface area contributed by atoms with Crippen LogP contribution in [0.15, 0.2) is 48.5 Å². The van der Waals surface area contributed by atoms with Crippen LogP contribution in [0.4, 0.5) is 0 Å². The van der Waals surface area contributed by atoms with Crippen molar-refractivity contribution < 1.29 is 14.3 Å². The number of rotatable bonds is 9. The Morgan fingerprint density at radius 2 is 1.52 bits per heavy atom. The molecule has 1 unspecified atom stereocenters. The molecule has 0 aliphatic carbocycles. The first-order valence-electron chi connectivity index (χ1n) is 9.16. The minimum Gasteiger partial charge on any atom is -0.494 e. The van der Waals surface area contributed by atoms with Gasteiger partial charge in [-0.15, -0.1) is 0 Å². The van der Waals surface area contributed by atoms with Crippen LogP contribution in [-0.4, -0.2) is 12.6 Å². The third-order valence-electron chi connectivity index (χ3n) is 4.17. The van der Waals surface area contributed by atoms with Gasteiger partial charge in [-0.25, -0.2) is 0 Å². The van der Waals surface area contributed by atoms with Crippen LogP contribution in [0, 0.1) is 0 Å². The van der Waals surface area contributed by atoms with Crippen molar-refractivity contribution in [2.75, 3.05) is 6.61 Å². The molecule has 0 spiro atoms. The van der Waals surface area contributed by atoms with Crippen LogP contribution in [0.5, 0.6) is 5.75 Å². The molecular weight excluding hydrogens is 312 g/mol. The molecule has 0 bridgehead atoms. The van der Waals surface area contributed by atoms with Crippen molar-refractivity contribution >= 4 is 5.97 Å². The Hall–Kier alpha value is -2.29. The van der Waals surface area contributed by atoms with E-state index < -0.39 is 0 Å². The molecule has 0 aliphatic rings. The fourth-order valence-corrected chi connectivity index (χ4v) is 2.70. The summed E-state index contributed by atoms with van der Waals surface area (Å²) >= 11 is 0. The molecule has 0 aliphatic heterocycles. The third-order valence-corrected chi connectivity index (χ3v) is 4.17. The molecule has 134 valence electrons. The van der Waals surface area contributed by atoms with Gasteiger partial charge in [-0.2, -0.15) is 0 Å². The standard InChI is InChI=1S/C22H28O3/c1-4-6-7-8-22(23)25-17(3)18-9-11-19(12-10-18)20-13-15-21(16-14-20)24-5-2/h9-17H,4-8H2,1-3H3. The van der Waals surface area contributed by atoms with E-state index in [1.807, 2.05) is 38.1 Å². The maximum Gasteiger partial charge on any atom is 0.306 e. The lowest BCUT2D eigenvalue weighted by atomic mass is 10.0. The molecule has 0 heterocycles. The first-order valence-corrected chi connectivity index (χ1v) is 9.16. The van der Waals surface area contributed by atoms with Gasteiger partial charge in [0.15, 0.2) is 0 Å². The molecular formula is C22H28O3.